The Bertz CT molecular complexity index is 880. The summed E-state index contributed by atoms with van der Waals surface area (Å²) in [5.41, 5.74) is -0.906. The lowest BCUT2D eigenvalue weighted by Crippen LogP contribution is -2.62. The van der Waals surface area contributed by atoms with Gasteiger partial charge in [0.05, 0.1) is 11.5 Å². The fraction of sp³-hybridized carbons (Fsp3) is 0.625. The molecule has 2 fully saturated rings. The zero-order valence-corrected chi connectivity index (χ0v) is 20.3. The molecule has 0 aliphatic carbocycles. The molecular weight excluding hydrogens is 430 g/mol. The minimum Gasteiger partial charge on any atom is -0.384 e. The van der Waals surface area contributed by atoms with Crippen LogP contribution in [0.15, 0.2) is 24.3 Å². The minimum absolute atomic E-state index is 0.0470. The highest BCUT2D eigenvalue weighted by Gasteiger charge is 2.50. The zero-order chi connectivity index (χ0) is 23.8. The van der Waals surface area contributed by atoms with Gasteiger partial charge >= 0.3 is 0 Å². The number of hydrogen-bond donors (Lipinski definition) is 2. The van der Waals surface area contributed by atoms with Gasteiger partial charge in [-0.2, -0.15) is 0 Å². The van der Waals surface area contributed by atoms with E-state index in [0.29, 0.717) is 37.6 Å². The highest BCUT2D eigenvalue weighted by atomic mass is 35.5. The Balaban J connectivity index is 1.69. The van der Waals surface area contributed by atoms with Crippen LogP contribution in [0.2, 0.25) is 5.02 Å². The van der Waals surface area contributed by atoms with Gasteiger partial charge in [0, 0.05) is 43.5 Å². The molecule has 0 saturated carbocycles. The normalized spacial score (nSPS) is 24.1. The van der Waals surface area contributed by atoms with Crippen molar-refractivity contribution < 1.29 is 19.5 Å². The summed E-state index contributed by atoms with van der Waals surface area (Å²) in [6.07, 6.45) is 0.391. The summed E-state index contributed by atoms with van der Waals surface area (Å²) in [6.45, 7) is 10.8. The van der Waals surface area contributed by atoms with Gasteiger partial charge in [-0.15, -0.1) is 0 Å². The number of amides is 3. The van der Waals surface area contributed by atoms with Crippen molar-refractivity contribution in [3.8, 4) is 0 Å². The number of halogens is 1. The second-order valence-corrected chi connectivity index (χ2v) is 10.5. The second-order valence-electron chi connectivity index (χ2n) is 10.1. The van der Waals surface area contributed by atoms with Crippen LogP contribution in [0, 0.1) is 17.3 Å². The maximum absolute atomic E-state index is 13.4. The predicted octanol–water partition coefficient (Wildman–Crippen LogP) is 2.41. The first-order chi connectivity index (χ1) is 14.9. The third-order valence-electron chi connectivity index (χ3n) is 7.01. The van der Waals surface area contributed by atoms with E-state index < -0.39 is 17.1 Å². The molecule has 176 valence electrons. The van der Waals surface area contributed by atoms with Gasteiger partial charge in [0.25, 0.3) is 0 Å². The van der Waals surface area contributed by atoms with Gasteiger partial charge in [0.1, 0.15) is 6.04 Å². The molecule has 2 aliphatic rings. The van der Waals surface area contributed by atoms with Gasteiger partial charge in [-0.25, -0.2) is 0 Å². The molecule has 2 heterocycles. The lowest BCUT2D eigenvalue weighted by Gasteiger charge is -2.51. The number of carbonyl (C=O) groups excluding carboxylic acids is 3. The van der Waals surface area contributed by atoms with Crippen LogP contribution in [-0.2, 0) is 20.0 Å². The van der Waals surface area contributed by atoms with Crippen LogP contribution in [0.4, 0.5) is 0 Å². The molecule has 0 radical (unpaired) electrons. The molecule has 0 spiro atoms. The van der Waals surface area contributed by atoms with Gasteiger partial charge in [-0.05, 0) is 30.0 Å². The van der Waals surface area contributed by atoms with E-state index in [9.17, 15) is 19.5 Å². The fourth-order valence-electron chi connectivity index (χ4n) is 4.65. The molecule has 2 unspecified atom stereocenters. The van der Waals surface area contributed by atoms with Crippen molar-refractivity contribution >= 4 is 29.3 Å². The number of benzene rings is 1. The highest BCUT2D eigenvalue weighted by Crippen LogP contribution is 2.46. The number of carbonyl (C=O) groups is 3. The maximum atomic E-state index is 13.4. The number of rotatable bonds is 5. The summed E-state index contributed by atoms with van der Waals surface area (Å²) in [4.78, 5) is 40.8. The van der Waals surface area contributed by atoms with Crippen LogP contribution in [0.3, 0.4) is 0 Å². The van der Waals surface area contributed by atoms with Gasteiger partial charge < -0.3 is 20.2 Å². The lowest BCUT2D eigenvalue weighted by molar-refractivity contribution is -0.157. The predicted molar refractivity (Wildman–Crippen MR) is 123 cm³/mol. The van der Waals surface area contributed by atoms with Crippen molar-refractivity contribution in [2.24, 2.45) is 17.3 Å². The van der Waals surface area contributed by atoms with Crippen molar-refractivity contribution in [1.82, 2.24) is 15.1 Å². The third-order valence-corrected chi connectivity index (χ3v) is 7.26. The van der Waals surface area contributed by atoms with Crippen molar-refractivity contribution in [3.05, 3.63) is 34.9 Å². The molecule has 7 nitrogen and oxygen atoms in total. The van der Waals surface area contributed by atoms with Crippen molar-refractivity contribution in [3.63, 3.8) is 0 Å². The van der Waals surface area contributed by atoms with Gasteiger partial charge in [-0.3, -0.25) is 14.4 Å². The molecule has 0 bridgehead atoms. The Kier molecular flexibility index (Phi) is 6.91. The average molecular weight is 464 g/mol. The van der Waals surface area contributed by atoms with E-state index in [4.69, 9.17) is 11.6 Å². The summed E-state index contributed by atoms with van der Waals surface area (Å²) in [5, 5.41) is 15.1. The summed E-state index contributed by atoms with van der Waals surface area (Å²) < 4.78 is 0. The van der Waals surface area contributed by atoms with E-state index in [2.05, 4.69) is 5.32 Å². The van der Waals surface area contributed by atoms with Crippen molar-refractivity contribution in [2.45, 2.75) is 52.7 Å². The van der Waals surface area contributed by atoms with Gasteiger partial charge in [0.2, 0.25) is 17.7 Å². The lowest BCUT2D eigenvalue weighted by atomic mass is 9.66. The number of piperidine rings is 1. The Morgan fingerprint density at radius 1 is 1.12 bits per heavy atom. The first-order valence-corrected chi connectivity index (χ1v) is 11.6. The molecule has 2 atom stereocenters. The number of aliphatic hydroxyl groups is 1. The smallest absolute Gasteiger partial charge is 0.245 e. The van der Waals surface area contributed by atoms with Crippen LogP contribution in [0.25, 0.3) is 0 Å². The first-order valence-electron chi connectivity index (χ1n) is 11.2. The monoisotopic (exact) mass is 463 g/mol. The summed E-state index contributed by atoms with van der Waals surface area (Å²) in [6, 6.07) is 6.55. The van der Waals surface area contributed by atoms with Crippen LogP contribution in [-0.4, -0.2) is 64.8 Å². The Hall–Kier alpha value is -2.12. The Morgan fingerprint density at radius 3 is 2.22 bits per heavy atom. The van der Waals surface area contributed by atoms with E-state index in [1.165, 1.54) is 6.92 Å². The van der Waals surface area contributed by atoms with Crippen molar-refractivity contribution in [1.29, 1.82) is 0 Å². The number of likely N-dealkylation sites (tertiary alicyclic amines) is 2. The summed E-state index contributed by atoms with van der Waals surface area (Å²) in [7, 11) is 0. The van der Waals surface area contributed by atoms with Gasteiger partial charge in [0.15, 0.2) is 0 Å². The van der Waals surface area contributed by atoms with Crippen LogP contribution >= 0.6 is 11.6 Å². The molecule has 8 heteroatoms. The first kappa shape index (κ1) is 24.5. The largest absolute Gasteiger partial charge is 0.384 e. The standard InChI is InChI=1S/C24H34ClN3O4/c1-15(2)20(26-21(30)17-12-28(13-17)16(3)29)22(31)27-11-10-24(32,23(4,5)14-27)18-6-8-19(25)9-7-18/h6-9,15,17,20,32H,10-14H2,1-5H3,(H,26,30). The number of nitrogens with one attached hydrogen (secondary N) is 1. The Morgan fingerprint density at radius 2 is 1.72 bits per heavy atom. The van der Waals surface area contributed by atoms with E-state index in [0.717, 1.165) is 5.56 Å². The van der Waals surface area contributed by atoms with E-state index in [1.54, 1.807) is 21.9 Å². The topological polar surface area (TPSA) is 90.0 Å². The van der Waals surface area contributed by atoms with Crippen LogP contribution < -0.4 is 5.32 Å². The SMILES string of the molecule is CC(=O)N1CC(C(=O)NC(C(=O)N2CCC(O)(c3ccc(Cl)cc3)C(C)(C)C2)C(C)C)C1. The molecule has 1 aromatic carbocycles. The fourth-order valence-corrected chi connectivity index (χ4v) is 4.78. The van der Waals surface area contributed by atoms with Gasteiger partial charge in [-0.1, -0.05) is 51.4 Å². The maximum Gasteiger partial charge on any atom is 0.245 e. The highest BCUT2D eigenvalue weighted by molar-refractivity contribution is 6.30. The summed E-state index contributed by atoms with van der Waals surface area (Å²) in [5.74, 6) is -0.739. The molecule has 2 N–H and O–H groups in total. The van der Waals surface area contributed by atoms with Crippen LogP contribution in [0.1, 0.15) is 46.6 Å². The zero-order valence-electron chi connectivity index (χ0n) is 19.5. The molecule has 3 rings (SSSR count). The van der Waals surface area contributed by atoms with E-state index in [-0.39, 0.29) is 29.6 Å². The minimum atomic E-state index is -1.09. The molecule has 1 aromatic rings. The number of hydrogen-bond acceptors (Lipinski definition) is 4. The molecule has 3 amide bonds. The molecule has 2 saturated heterocycles. The third kappa shape index (κ3) is 4.64. The summed E-state index contributed by atoms with van der Waals surface area (Å²) >= 11 is 6.01. The Labute approximate surface area is 195 Å². The van der Waals surface area contributed by atoms with E-state index >= 15 is 0 Å². The number of nitrogens with zero attached hydrogens (tertiary/aromatic N) is 2. The molecule has 0 aromatic heterocycles. The second kappa shape index (κ2) is 9.02. The molecule has 32 heavy (non-hydrogen) atoms. The van der Waals surface area contributed by atoms with Crippen molar-refractivity contribution in [2.75, 3.05) is 26.2 Å². The molecule has 2 aliphatic heterocycles. The van der Waals surface area contributed by atoms with E-state index in [1.807, 2.05) is 39.8 Å². The van der Waals surface area contributed by atoms with Crippen LogP contribution in [0.5, 0.6) is 0 Å². The quantitative estimate of drug-likeness (QED) is 0.701. The average Bonchev–Trinajstić information content (AvgIpc) is 2.66. The molecular formula is C24H34ClN3O4.